The summed E-state index contributed by atoms with van der Waals surface area (Å²) in [6.07, 6.45) is 0.0646. The highest BCUT2D eigenvalue weighted by Gasteiger charge is 2.23. The van der Waals surface area contributed by atoms with Crippen molar-refractivity contribution in [3.05, 3.63) is 56.9 Å². The first-order valence-corrected chi connectivity index (χ1v) is 7.93. The van der Waals surface area contributed by atoms with Gasteiger partial charge >= 0.3 is 11.7 Å². The van der Waals surface area contributed by atoms with Crippen LogP contribution in [0.5, 0.6) is 11.5 Å². The van der Waals surface area contributed by atoms with E-state index in [0.717, 1.165) is 0 Å². The molecule has 3 rings (SSSR count). The van der Waals surface area contributed by atoms with Gasteiger partial charge in [-0.1, -0.05) is 17.7 Å². The summed E-state index contributed by atoms with van der Waals surface area (Å²) in [6.45, 7) is 1.71. The molecule has 0 bridgehead atoms. The van der Waals surface area contributed by atoms with Crippen LogP contribution in [-0.2, 0) is 16.0 Å². The average molecular weight is 376 g/mol. The van der Waals surface area contributed by atoms with E-state index in [2.05, 4.69) is 14.7 Å². The first kappa shape index (κ1) is 17.7. The second-order valence-electron chi connectivity index (χ2n) is 5.51. The molecule has 26 heavy (non-hydrogen) atoms. The number of halogens is 1. The molecule has 0 atom stereocenters. The van der Waals surface area contributed by atoms with Crippen molar-refractivity contribution < 1.29 is 19.2 Å². The number of H-pyrrole nitrogens is 1. The van der Waals surface area contributed by atoms with Crippen LogP contribution in [0.1, 0.15) is 11.4 Å². The van der Waals surface area contributed by atoms with Crippen LogP contribution < -0.4 is 4.74 Å². The quantitative estimate of drug-likeness (QED) is 0.411. The van der Waals surface area contributed by atoms with E-state index in [9.17, 15) is 14.9 Å². The number of carbonyl (C=O) groups is 1. The number of fused-ring (bicyclic) bond motifs is 1. The molecule has 0 saturated carbocycles. The van der Waals surface area contributed by atoms with Crippen LogP contribution in [0.15, 0.2) is 30.3 Å². The molecule has 0 fully saturated rings. The smallest absolute Gasteiger partial charge is 0.339 e. The van der Waals surface area contributed by atoms with Gasteiger partial charge in [-0.25, -0.2) is 4.98 Å². The number of nitro groups is 1. The molecule has 1 N–H and O–H groups in total. The molecule has 0 unspecified atom stereocenters. The van der Waals surface area contributed by atoms with Crippen LogP contribution in [0.2, 0.25) is 5.02 Å². The van der Waals surface area contributed by atoms with E-state index in [0.29, 0.717) is 16.9 Å². The Hall–Kier alpha value is -3.13. The van der Waals surface area contributed by atoms with Gasteiger partial charge in [0.25, 0.3) is 0 Å². The van der Waals surface area contributed by atoms with Crippen molar-refractivity contribution in [1.29, 1.82) is 0 Å². The molecule has 2 aromatic carbocycles. The first-order valence-electron chi connectivity index (χ1n) is 7.56. The highest BCUT2D eigenvalue weighted by molar-refractivity contribution is 6.32. The van der Waals surface area contributed by atoms with Gasteiger partial charge in [-0.3, -0.25) is 14.9 Å². The number of nitrogens with zero attached hydrogens (tertiary/aromatic N) is 2. The fourth-order valence-electron chi connectivity index (χ4n) is 2.52. The summed E-state index contributed by atoms with van der Waals surface area (Å²) in [5.74, 6) is 0.418. The summed E-state index contributed by atoms with van der Waals surface area (Å²) >= 11 is 6.19. The highest BCUT2D eigenvalue weighted by atomic mass is 35.5. The Kier molecular flexibility index (Phi) is 4.77. The van der Waals surface area contributed by atoms with Crippen molar-refractivity contribution >= 4 is 34.3 Å². The normalized spacial score (nSPS) is 10.7. The molecule has 0 aliphatic rings. The van der Waals surface area contributed by atoms with Crippen LogP contribution >= 0.6 is 11.6 Å². The number of nitrogens with one attached hydrogen (secondary N) is 1. The first-order chi connectivity index (χ1) is 12.4. The molecule has 1 aromatic heterocycles. The average Bonchev–Trinajstić information content (AvgIpc) is 2.96. The van der Waals surface area contributed by atoms with E-state index in [1.807, 2.05) is 0 Å². The van der Waals surface area contributed by atoms with Crippen molar-refractivity contribution in [3.8, 4) is 11.5 Å². The number of aryl methyl sites for hydroxylation is 1. The fraction of sp³-hybridized carbons (Fsp3) is 0.176. The van der Waals surface area contributed by atoms with Gasteiger partial charge in [-0.2, -0.15) is 0 Å². The Labute approximate surface area is 152 Å². The number of ether oxygens (including phenoxy) is 2. The third kappa shape index (κ3) is 3.45. The number of aromatic amines is 1. The number of hydrogen-bond acceptors (Lipinski definition) is 6. The molecule has 0 amide bonds. The minimum atomic E-state index is -0.544. The lowest BCUT2D eigenvalue weighted by atomic mass is 10.1. The summed E-state index contributed by atoms with van der Waals surface area (Å²) in [6, 6.07) is 7.87. The minimum Gasteiger partial charge on any atom is -0.469 e. The molecule has 3 aromatic rings. The lowest BCUT2D eigenvalue weighted by Gasteiger charge is -2.09. The second kappa shape index (κ2) is 7.01. The Bertz CT molecular complexity index is 1020. The lowest BCUT2D eigenvalue weighted by molar-refractivity contribution is -0.384. The SMILES string of the molecule is COC(=O)Cc1ccc(Oc2ccc3[nH]c(C)nc3c2[N+](=O)[O-])c(Cl)c1. The number of imidazole rings is 1. The molecule has 9 heteroatoms. The van der Waals surface area contributed by atoms with Gasteiger partial charge in [-0.15, -0.1) is 0 Å². The molecule has 0 aliphatic heterocycles. The number of rotatable bonds is 5. The Morgan fingerprint density at radius 1 is 1.31 bits per heavy atom. The Morgan fingerprint density at radius 3 is 2.69 bits per heavy atom. The largest absolute Gasteiger partial charge is 0.469 e. The zero-order valence-electron chi connectivity index (χ0n) is 13.9. The monoisotopic (exact) mass is 375 g/mol. The van der Waals surface area contributed by atoms with Crippen LogP contribution in [0.4, 0.5) is 5.69 Å². The summed E-state index contributed by atoms with van der Waals surface area (Å²) in [7, 11) is 1.30. The molecule has 1 heterocycles. The summed E-state index contributed by atoms with van der Waals surface area (Å²) in [5.41, 5.74) is 1.15. The van der Waals surface area contributed by atoms with Crippen molar-refractivity contribution in [2.45, 2.75) is 13.3 Å². The second-order valence-corrected chi connectivity index (χ2v) is 5.91. The van der Waals surface area contributed by atoms with E-state index >= 15 is 0 Å². The van der Waals surface area contributed by atoms with E-state index in [-0.39, 0.29) is 34.1 Å². The van der Waals surface area contributed by atoms with Gasteiger partial charge in [0.05, 0.1) is 29.0 Å². The molecule has 0 aliphatic carbocycles. The van der Waals surface area contributed by atoms with Crippen molar-refractivity contribution in [3.63, 3.8) is 0 Å². The van der Waals surface area contributed by atoms with Crippen LogP contribution in [0, 0.1) is 17.0 Å². The number of nitro benzene ring substituents is 1. The topological polar surface area (TPSA) is 107 Å². The van der Waals surface area contributed by atoms with Gasteiger partial charge in [0, 0.05) is 0 Å². The zero-order valence-corrected chi connectivity index (χ0v) is 14.7. The molecular weight excluding hydrogens is 362 g/mol. The lowest BCUT2D eigenvalue weighted by Crippen LogP contribution is -2.04. The fourth-order valence-corrected chi connectivity index (χ4v) is 2.76. The van der Waals surface area contributed by atoms with Gasteiger partial charge in [-0.05, 0) is 36.8 Å². The van der Waals surface area contributed by atoms with Gasteiger partial charge in [0.15, 0.2) is 5.52 Å². The van der Waals surface area contributed by atoms with Crippen LogP contribution in [-0.4, -0.2) is 28.0 Å². The van der Waals surface area contributed by atoms with Crippen molar-refractivity contribution in [1.82, 2.24) is 9.97 Å². The standard InChI is InChI=1S/C17H14ClN3O5/c1-9-19-12-4-6-14(17(21(23)24)16(12)20-9)26-13-5-3-10(7-11(13)18)8-15(22)25-2/h3-7H,8H2,1-2H3,(H,19,20). The van der Waals surface area contributed by atoms with Crippen molar-refractivity contribution in [2.24, 2.45) is 0 Å². The number of benzene rings is 2. The maximum Gasteiger partial charge on any atom is 0.339 e. The molecular formula is C17H14ClN3O5. The molecule has 134 valence electrons. The predicted molar refractivity (Wildman–Crippen MR) is 94.7 cm³/mol. The number of hydrogen-bond donors (Lipinski definition) is 1. The summed E-state index contributed by atoms with van der Waals surface area (Å²) in [5, 5.41) is 11.7. The molecule has 0 saturated heterocycles. The Morgan fingerprint density at radius 2 is 2.04 bits per heavy atom. The predicted octanol–water partition coefficient (Wildman–Crippen LogP) is 3.94. The van der Waals surface area contributed by atoms with E-state index in [4.69, 9.17) is 16.3 Å². The number of esters is 1. The van der Waals surface area contributed by atoms with E-state index in [1.165, 1.54) is 13.2 Å². The van der Waals surface area contributed by atoms with Gasteiger partial charge in [0.2, 0.25) is 5.75 Å². The minimum absolute atomic E-state index is 0.0246. The Balaban J connectivity index is 1.97. The highest BCUT2D eigenvalue weighted by Crippen LogP contribution is 2.39. The molecule has 8 nitrogen and oxygen atoms in total. The third-order valence-electron chi connectivity index (χ3n) is 3.68. The molecule has 0 radical (unpaired) electrons. The van der Waals surface area contributed by atoms with Gasteiger partial charge in [0.1, 0.15) is 11.6 Å². The van der Waals surface area contributed by atoms with Crippen molar-refractivity contribution in [2.75, 3.05) is 7.11 Å². The van der Waals surface area contributed by atoms with Crippen LogP contribution in [0.3, 0.4) is 0 Å². The third-order valence-corrected chi connectivity index (χ3v) is 3.98. The number of carbonyl (C=O) groups excluding carboxylic acids is 1. The maximum atomic E-state index is 11.5. The summed E-state index contributed by atoms with van der Waals surface area (Å²) < 4.78 is 10.3. The number of aromatic nitrogens is 2. The zero-order chi connectivity index (χ0) is 18.8. The molecule has 0 spiro atoms. The maximum absolute atomic E-state index is 11.5. The summed E-state index contributed by atoms with van der Waals surface area (Å²) in [4.78, 5) is 29.4. The number of methoxy groups -OCH3 is 1. The van der Waals surface area contributed by atoms with E-state index in [1.54, 1.807) is 31.2 Å². The van der Waals surface area contributed by atoms with E-state index < -0.39 is 10.9 Å². The van der Waals surface area contributed by atoms with Crippen LogP contribution in [0.25, 0.3) is 11.0 Å². The van der Waals surface area contributed by atoms with Gasteiger partial charge < -0.3 is 14.5 Å².